The van der Waals surface area contributed by atoms with E-state index in [4.69, 9.17) is 16.7 Å². The molecule has 0 aliphatic rings. The van der Waals surface area contributed by atoms with E-state index in [1.807, 2.05) is 13.0 Å². The van der Waals surface area contributed by atoms with E-state index in [1.54, 1.807) is 12.1 Å². The number of benzene rings is 1. The Hall–Kier alpha value is -1.37. The molecule has 0 bridgehead atoms. The van der Waals surface area contributed by atoms with Gasteiger partial charge in [-0.15, -0.1) is 0 Å². The highest BCUT2D eigenvalue weighted by molar-refractivity contribution is 7.89. The molecule has 0 fully saturated rings. The van der Waals surface area contributed by atoms with Crippen molar-refractivity contribution in [3.05, 3.63) is 41.2 Å². The van der Waals surface area contributed by atoms with Gasteiger partial charge in [0.15, 0.2) is 0 Å². The van der Waals surface area contributed by atoms with Crippen molar-refractivity contribution in [1.29, 1.82) is 0 Å². The lowest BCUT2D eigenvalue weighted by Crippen LogP contribution is -2.11. The van der Waals surface area contributed by atoms with Gasteiger partial charge in [0.25, 0.3) is 0 Å². The predicted molar refractivity (Wildman–Crippen MR) is 64.7 cm³/mol. The van der Waals surface area contributed by atoms with Gasteiger partial charge in [-0.2, -0.15) is 5.10 Å². The van der Waals surface area contributed by atoms with Crippen LogP contribution >= 0.6 is 11.6 Å². The third kappa shape index (κ3) is 2.49. The van der Waals surface area contributed by atoms with Crippen LogP contribution in [-0.4, -0.2) is 18.2 Å². The van der Waals surface area contributed by atoms with E-state index in [0.29, 0.717) is 10.7 Å². The maximum Gasteiger partial charge on any atom is 0.241 e. The van der Waals surface area contributed by atoms with Crippen LogP contribution in [0.2, 0.25) is 5.02 Å². The molecule has 90 valence electrons. The number of aromatic nitrogens is 2. The van der Waals surface area contributed by atoms with Crippen LogP contribution in [0.15, 0.2) is 35.5 Å². The van der Waals surface area contributed by atoms with Gasteiger partial charge in [0.05, 0.1) is 18.1 Å². The highest BCUT2D eigenvalue weighted by atomic mass is 35.5. The number of nitrogens with two attached hydrogens (primary N) is 1. The number of hydrogen-bond donors (Lipinski definition) is 1. The predicted octanol–water partition coefficient (Wildman–Crippen LogP) is 1.48. The SMILES string of the molecule is Cc1ccc(-n2cc(S(N)(=O)=O)cn2)cc1Cl. The number of rotatable bonds is 2. The quantitative estimate of drug-likeness (QED) is 0.899. The summed E-state index contributed by atoms with van der Waals surface area (Å²) >= 11 is 5.98. The Morgan fingerprint density at radius 3 is 2.65 bits per heavy atom. The van der Waals surface area contributed by atoms with E-state index in [2.05, 4.69) is 5.10 Å². The Bertz CT molecular complexity index is 664. The second-order valence-electron chi connectivity index (χ2n) is 3.60. The normalized spacial score (nSPS) is 11.7. The summed E-state index contributed by atoms with van der Waals surface area (Å²) < 4.78 is 23.6. The van der Waals surface area contributed by atoms with Crippen molar-refractivity contribution in [2.45, 2.75) is 11.8 Å². The number of primary sulfonamides is 1. The van der Waals surface area contributed by atoms with Crippen molar-refractivity contribution < 1.29 is 8.42 Å². The lowest BCUT2D eigenvalue weighted by Gasteiger charge is -2.03. The van der Waals surface area contributed by atoms with Crippen LogP contribution < -0.4 is 5.14 Å². The van der Waals surface area contributed by atoms with Crippen LogP contribution in [0.4, 0.5) is 0 Å². The average molecular weight is 272 g/mol. The molecule has 17 heavy (non-hydrogen) atoms. The maximum absolute atomic E-state index is 11.1. The lowest BCUT2D eigenvalue weighted by molar-refractivity contribution is 0.598. The number of nitrogens with zero attached hydrogens (tertiary/aromatic N) is 2. The molecule has 7 heteroatoms. The average Bonchev–Trinajstić information content (AvgIpc) is 2.70. The molecular formula is C10H10ClN3O2S. The van der Waals surface area contributed by atoms with Crippen LogP contribution in [0.1, 0.15) is 5.56 Å². The van der Waals surface area contributed by atoms with E-state index in [9.17, 15) is 8.42 Å². The molecule has 0 unspecified atom stereocenters. The highest BCUT2D eigenvalue weighted by Gasteiger charge is 2.11. The van der Waals surface area contributed by atoms with Crippen LogP contribution in [0.5, 0.6) is 0 Å². The van der Waals surface area contributed by atoms with E-state index < -0.39 is 10.0 Å². The summed E-state index contributed by atoms with van der Waals surface area (Å²) in [6.45, 7) is 1.88. The Balaban J connectivity index is 2.47. The molecule has 2 N–H and O–H groups in total. The van der Waals surface area contributed by atoms with Crippen LogP contribution in [0.3, 0.4) is 0 Å². The summed E-state index contributed by atoms with van der Waals surface area (Å²) in [4.78, 5) is -0.0332. The molecule has 2 aromatic rings. The molecule has 1 aromatic heterocycles. The largest absolute Gasteiger partial charge is 0.241 e. The minimum absolute atomic E-state index is 0.0332. The standard InChI is InChI=1S/C10H10ClN3O2S/c1-7-2-3-8(4-10(7)11)14-6-9(5-13-14)17(12,15)16/h2-6H,1H3,(H2,12,15,16). The van der Waals surface area contributed by atoms with E-state index >= 15 is 0 Å². The van der Waals surface area contributed by atoms with E-state index in [-0.39, 0.29) is 4.90 Å². The second-order valence-corrected chi connectivity index (χ2v) is 5.57. The topological polar surface area (TPSA) is 78.0 Å². The summed E-state index contributed by atoms with van der Waals surface area (Å²) in [6.07, 6.45) is 2.54. The minimum atomic E-state index is -3.72. The van der Waals surface area contributed by atoms with Gasteiger partial charge in [-0.1, -0.05) is 17.7 Å². The van der Waals surface area contributed by atoms with Crippen LogP contribution in [0, 0.1) is 6.92 Å². The molecule has 1 aromatic carbocycles. The van der Waals surface area contributed by atoms with Crippen LogP contribution in [-0.2, 0) is 10.0 Å². The molecule has 0 aliphatic carbocycles. The number of aryl methyl sites for hydroxylation is 1. The van der Waals surface area contributed by atoms with Crippen molar-refractivity contribution in [2.75, 3.05) is 0 Å². The maximum atomic E-state index is 11.1. The molecule has 1 heterocycles. The fourth-order valence-corrected chi connectivity index (χ4v) is 1.93. The fraction of sp³-hybridized carbons (Fsp3) is 0.100. The molecule has 0 atom stereocenters. The monoisotopic (exact) mass is 271 g/mol. The summed E-state index contributed by atoms with van der Waals surface area (Å²) in [6, 6.07) is 5.33. The van der Waals surface area contributed by atoms with Gasteiger partial charge in [-0.25, -0.2) is 18.2 Å². The fourth-order valence-electron chi connectivity index (χ4n) is 1.32. The highest BCUT2D eigenvalue weighted by Crippen LogP contribution is 2.19. The van der Waals surface area contributed by atoms with Gasteiger partial charge in [-0.05, 0) is 24.6 Å². The first-order chi connectivity index (χ1) is 7.88. The van der Waals surface area contributed by atoms with Gasteiger partial charge in [0, 0.05) is 5.02 Å². The zero-order valence-electron chi connectivity index (χ0n) is 8.96. The number of halogens is 1. The Morgan fingerprint density at radius 2 is 2.12 bits per heavy atom. The van der Waals surface area contributed by atoms with E-state index in [0.717, 1.165) is 5.56 Å². The summed E-state index contributed by atoms with van der Waals surface area (Å²) in [5, 5.41) is 9.51. The number of sulfonamides is 1. The molecule has 0 aliphatic heterocycles. The first-order valence-electron chi connectivity index (χ1n) is 4.72. The van der Waals surface area contributed by atoms with Gasteiger partial charge < -0.3 is 0 Å². The third-order valence-electron chi connectivity index (χ3n) is 2.31. The molecule has 0 spiro atoms. The van der Waals surface area contributed by atoms with Gasteiger partial charge in [0.1, 0.15) is 4.90 Å². The summed E-state index contributed by atoms with van der Waals surface area (Å²) in [5.74, 6) is 0. The molecule has 5 nitrogen and oxygen atoms in total. The van der Waals surface area contributed by atoms with Crippen molar-refractivity contribution in [1.82, 2.24) is 9.78 Å². The van der Waals surface area contributed by atoms with Crippen molar-refractivity contribution in [3.8, 4) is 5.69 Å². The molecule has 0 saturated carbocycles. The molecule has 0 saturated heterocycles. The zero-order chi connectivity index (χ0) is 12.6. The smallest absolute Gasteiger partial charge is 0.240 e. The summed E-state index contributed by atoms with van der Waals surface area (Å²) in [7, 11) is -3.72. The first kappa shape index (κ1) is 12.1. The first-order valence-corrected chi connectivity index (χ1v) is 6.64. The van der Waals surface area contributed by atoms with Gasteiger partial charge >= 0.3 is 0 Å². The summed E-state index contributed by atoms with van der Waals surface area (Å²) in [5.41, 5.74) is 1.62. The van der Waals surface area contributed by atoms with E-state index in [1.165, 1.54) is 17.1 Å². The molecular weight excluding hydrogens is 262 g/mol. The minimum Gasteiger partial charge on any atom is -0.240 e. The molecule has 2 rings (SSSR count). The second kappa shape index (κ2) is 4.14. The Labute approximate surface area is 104 Å². The Kier molecular flexibility index (Phi) is 2.94. The third-order valence-corrected chi connectivity index (χ3v) is 3.58. The Morgan fingerprint density at radius 1 is 1.41 bits per heavy atom. The lowest BCUT2D eigenvalue weighted by atomic mass is 10.2. The van der Waals surface area contributed by atoms with Gasteiger partial charge in [-0.3, -0.25) is 0 Å². The molecule has 0 amide bonds. The van der Waals surface area contributed by atoms with Crippen molar-refractivity contribution in [2.24, 2.45) is 5.14 Å². The van der Waals surface area contributed by atoms with Crippen molar-refractivity contribution in [3.63, 3.8) is 0 Å². The van der Waals surface area contributed by atoms with Crippen LogP contribution in [0.25, 0.3) is 5.69 Å². The van der Waals surface area contributed by atoms with Gasteiger partial charge in [0.2, 0.25) is 10.0 Å². The number of hydrogen-bond acceptors (Lipinski definition) is 3. The molecule has 0 radical (unpaired) electrons. The zero-order valence-corrected chi connectivity index (χ0v) is 10.5. The van der Waals surface area contributed by atoms with Crippen molar-refractivity contribution >= 4 is 21.6 Å².